The fourth-order valence-corrected chi connectivity index (χ4v) is 2.27. The number of hydrogen-bond acceptors (Lipinski definition) is 3. The van der Waals surface area contributed by atoms with Gasteiger partial charge in [0.2, 0.25) is 0 Å². The third-order valence-corrected chi connectivity index (χ3v) is 3.13. The van der Waals surface area contributed by atoms with Crippen LogP contribution in [0.3, 0.4) is 0 Å². The highest BCUT2D eigenvalue weighted by atomic mass is 15.1. The van der Waals surface area contributed by atoms with Crippen LogP contribution in [0, 0.1) is 6.92 Å². The van der Waals surface area contributed by atoms with Crippen LogP contribution >= 0.6 is 0 Å². The van der Waals surface area contributed by atoms with Gasteiger partial charge >= 0.3 is 0 Å². The largest absolute Gasteiger partial charge is 0.370 e. The van der Waals surface area contributed by atoms with Crippen molar-refractivity contribution >= 4 is 5.84 Å². The summed E-state index contributed by atoms with van der Waals surface area (Å²) in [7, 11) is 0. The molecule has 0 aromatic heterocycles. The van der Waals surface area contributed by atoms with Gasteiger partial charge in [-0.05, 0) is 30.0 Å². The summed E-state index contributed by atoms with van der Waals surface area (Å²) in [5.41, 5.74) is 10.1. The molecule has 1 aromatic rings. The standard InChI is InChI=1S/C13H19N3/c1-3-10-9(2)5-4-6-11(10)12(14)13-15-7-8-16-13/h4-6,12H,3,7-8,14H2,1-2H3,(H,15,16). The molecule has 1 heterocycles. The van der Waals surface area contributed by atoms with Crippen molar-refractivity contribution in [2.45, 2.75) is 26.3 Å². The van der Waals surface area contributed by atoms with Gasteiger partial charge in [0.15, 0.2) is 0 Å². The molecule has 1 unspecified atom stereocenters. The zero-order valence-corrected chi connectivity index (χ0v) is 9.96. The van der Waals surface area contributed by atoms with Crippen molar-refractivity contribution in [2.24, 2.45) is 10.7 Å². The molecule has 1 aromatic carbocycles. The number of aryl methyl sites for hydroxylation is 1. The van der Waals surface area contributed by atoms with E-state index in [0.29, 0.717) is 0 Å². The maximum Gasteiger partial charge on any atom is 0.118 e. The number of amidine groups is 1. The van der Waals surface area contributed by atoms with Gasteiger partial charge in [0.05, 0.1) is 12.6 Å². The molecule has 1 aliphatic heterocycles. The minimum absolute atomic E-state index is 0.0997. The third-order valence-electron chi connectivity index (χ3n) is 3.13. The number of hydrogen-bond donors (Lipinski definition) is 2. The molecule has 16 heavy (non-hydrogen) atoms. The third kappa shape index (κ3) is 1.95. The van der Waals surface area contributed by atoms with Crippen molar-refractivity contribution in [1.29, 1.82) is 0 Å². The summed E-state index contributed by atoms with van der Waals surface area (Å²) in [6.07, 6.45) is 1.02. The molecule has 2 rings (SSSR count). The Labute approximate surface area is 96.8 Å². The molecule has 0 saturated carbocycles. The first-order valence-corrected chi connectivity index (χ1v) is 5.86. The Kier molecular flexibility index (Phi) is 3.25. The molecule has 0 radical (unpaired) electrons. The molecule has 0 aliphatic carbocycles. The quantitative estimate of drug-likeness (QED) is 0.807. The highest BCUT2D eigenvalue weighted by Gasteiger charge is 2.19. The highest BCUT2D eigenvalue weighted by molar-refractivity contribution is 5.89. The molecule has 0 amide bonds. The van der Waals surface area contributed by atoms with E-state index in [1.807, 2.05) is 0 Å². The van der Waals surface area contributed by atoms with E-state index in [4.69, 9.17) is 5.73 Å². The summed E-state index contributed by atoms with van der Waals surface area (Å²) >= 11 is 0. The van der Waals surface area contributed by atoms with Crippen LogP contribution in [0.4, 0.5) is 0 Å². The second-order valence-electron chi connectivity index (χ2n) is 4.17. The summed E-state index contributed by atoms with van der Waals surface area (Å²) in [5, 5.41) is 3.25. The van der Waals surface area contributed by atoms with Gasteiger partial charge in [-0.25, -0.2) is 0 Å². The molecule has 3 N–H and O–H groups in total. The van der Waals surface area contributed by atoms with Gasteiger partial charge in [-0.3, -0.25) is 4.99 Å². The minimum Gasteiger partial charge on any atom is -0.370 e. The maximum absolute atomic E-state index is 6.25. The highest BCUT2D eigenvalue weighted by Crippen LogP contribution is 2.21. The Morgan fingerprint density at radius 3 is 2.94 bits per heavy atom. The van der Waals surface area contributed by atoms with Gasteiger partial charge in [0.1, 0.15) is 5.84 Å². The monoisotopic (exact) mass is 217 g/mol. The fraction of sp³-hybridized carbons (Fsp3) is 0.462. The van der Waals surface area contributed by atoms with Crippen molar-refractivity contribution in [3.63, 3.8) is 0 Å². The van der Waals surface area contributed by atoms with Crippen molar-refractivity contribution in [3.8, 4) is 0 Å². The molecule has 1 atom stereocenters. The predicted molar refractivity (Wildman–Crippen MR) is 67.8 cm³/mol. The van der Waals surface area contributed by atoms with Gasteiger partial charge in [0, 0.05) is 6.54 Å². The van der Waals surface area contributed by atoms with E-state index in [2.05, 4.69) is 42.4 Å². The smallest absolute Gasteiger partial charge is 0.118 e. The molecule has 3 heteroatoms. The summed E-state index contributed by atoms with van der Waals surface area (Å²) in [4.78, 5) is 4.40. The number of nitrogens with two attached hydrogens (primary N) is 1. The van der Waals surface area contributed by atoms with Gasteiger partial charge in [-0.15, -0.1) is 0 Å². The predicted octanol–water partition coefficient (Wildman–Crippen LogP) is 1.56. The van der Waals surface area contributed by atoms with Crippen LogP contribution in [0.25, 0.3) is 0 Å². The number of benzene rings is 1. The lowest BCUT2D eigenvalue weighted by atomic mass is 9.94. The molecule has 3 nitrogen and oxygen atoms in total. The maximum atomic E-state index is 6.25. The van der Waals surface area contributed by atoms with Crippen molar-refractivity contribution < 1.29 is 0 Å². The van der Waals surface area contributed by atoms with Gasteiger partial charge in [-0.2, -0.15) is 0 Å². The van der Waals surface area contributed by atoms with E-state index < -0.39 is 0 Å². The number of rotatable bonds is 3. The first-order chi connectivity index (χ1) is 7.74. The van der Waals surface area contributed by atoms with E-state index in [9.17, 15) is 0 Å². The Balaban J connectivity index is 2.35. The van der Waals surface area contributed by atoms with Crippen molar-refractivity contribution in [2.75, 3.05) is 13.1 Å². The lowest BCUT2D eigenvalue weighted by Crippen LogP contribution is -2.31. The molecule has 0 saturated heterocycles. The molecule has 0 bridgehead atoms. The van der Waals surface area contributed by atoms with E-state index in [-0.39, 0.29) is 6.04 Å². The summed E-state index contributed by atoms with van der Waals surface area (Å²) < 4.78 is 0. The van der Waals surface area contributed by atoms with Crippen LogP contribution in [0.1, 0.15) is 29.7 Å². The summed E-state index contributed by atoms with van der Waals surface area (Å²) in [6, 6.07) is 6.22. The number of nitrogens with zero attached hydrogens (tertiary/aromatic N) is 1. The van der Waals surface area contributed by atoms with E-state index in [0.717, 1.165) is 25.3 Å². The lowest BCUT2D eigenvalue weighted by molar-refractivity contribution is 0.873. The lowest BCUT2D eigenvalue weighted by Gasteiger charge is -2.18. The van der Waals surface area contributed by atoms with Crippen LogP contribution in [0.15, 0.2) is 23.2 Å². The molecule has 0 fully saturated rings. The Hall–Kier alpha value is -1.35. The average molecular weight is 217 g/mol. The zero-order chi connectivity index (χ0) is 11.5. The Morgan fingerprint density at radius 1 is 1.50 bits per heavy atom. The first kappa shape index (κ1) is 11.1. The van der Waals surface area contributed by atoms with Crippen molar-refractivity contribution in [1.82, 2.24) is 5.32 Å². The van der Waals surface area contributed by atoms with E-state index in [1.54, 1.807) is 0 Å². The molecule has 1 aliphatic rings. The van der Waals surface area contributed by atoms with Gasteiger partial charge in [-0.1, -0.05) is 25.1 Å². The van der Waals surface area contributed by atoms with E-state index >= 15 is 0 Å². The second-order valence-corrected chi connectivity index (χ2v) is 4.17. The second kappa shape index (κ2) is 4.66. The molecule has 0 spiro atoms. The number of aliphatic imine (C=N–C) groups is 1. The molecule has 86 valence electrons. The van der Waals surface area contributed by atoms with Crippen molar-refractivity contribution in [3.05, 3.63) is 34.9 Å². The molecular weight excluding hydrogens is 198 g/mol. The van der Waals surface area contributed by atoms with Crippen LogP contribution in [0.5, 0.6) is 0 Å². The average Bonchev–Trinajstić information content (AvgIpc) is 2.81. The van der Waals surface area contributed by atoms with Crippen LogP contribution in [-0.2, 0) is 6.42 Å². The molecular formula is C13H19N3. The zero-order valence-electron chi connectivity index (χ0n) is 9.96. The first-order valence-electron chi connectivity index (χ1n) is 5.86. The minimum atomic E-state index is -0.0997. The van der Waals surface area contributed by atoms with E-state index in [1.165, 1.54) is 16.7 Å². The van der Waals surface area contributed by atoms with Gasteiger partial charge < -0.3 is 11.1 Å². The SMILES string of the molecule is CCc1c(C)cccc1C(N)C1=NCCN1. The summed E-state index contributed by atoms with van der Waals surface area (Å²) in [5.74, 6) is 0.931. The Bertz CT molecular complexity index is 410. The van der Waals surface area contributed by atoms with Gasteiger partial charge in [0.25, 0.3) is 0 Å². The van der Waals surface area contributed by atoms with Crippen LogP contribution in [-0.4, -0.2) is 18.9 Å². The normalized spacial score (nSPS) is 16.8. The fourth-order valence-electron chi connectivity index (χ4n) is 2.27. The topological polar surface area (TPSA) is 50.4 Å². The Morgan fingerprint density at radius 2 is 2.31 bits per heavy atom. The number of nitrogens with one attached hydrogen (secondary N) is 1. The summed E-state index contributed by atoms with van der Waals surface area (Å²) in [6.45, 7) is 6.06. The van der Waals surface area contributed by atoms with Crippen LogP contribution in [0.2, 0.25) is 0 Å². The van der Waals surface area contributed by atoms with Crippen LogP contribution < -0.4 is 11.1 Å².